The van der Waals surface area contributed by atoms with Crippen LogP contribution in [0.4, 0.5) is 4.79 Å². The molecule has 1 heterocycles. The normalized spacial score (nSPS) is 13.0. The quantitative estimate of drug-likeness (QED) is 0.217. The Hall–Kier alpha value is -3.13. The molecule has 8 nitrogen and oxygen atoms in total. The Kier molecular flexibility index (Phi) is 10.9. The van der Waals surface area contributed by atoms with Crippen LogP contribution in [-0.2, 0) is 4.74 Å². The summed E-state index contributed by atoms with van der Waals surface area (Å²) in [6.07, 6.45) is 10.1. The number of alkyl carbamates (subject to hydrolysis) is 1. The van der Waals surface area contributed by atoms with Gasteiger partial charge in [0.1, 0.15) is 17.1 Å². The molecule has 3 N–H and O–H groups in total. The first-order valence-electron chi connectivity index (χ1n) is 9.67. The average Bonchev–Trinajstić information content (AvgIpc) is 2.72. The summed E-state index contributed by atoms with van der Waals surface area (Å²) < 4.78 is 9.70. The van der Waals surface area contributed by atoms with Crippen LogP contribution in [0.2, 0.25) is 0 Å². The molecule has 1 aromatic heterocycles. The number of nitrogens with one attached hydrogen (secondary N) is 1. The number of ketones is 1. The van der Waals surface area contributed by atoms with E-state index < -0.39 is 28.8 Å². The van der Waals surface area contributed by atoms with E-state index in [4.69, 9.17) is 9.52 Å². The lowest BCUT2D eigenvalue weighted by Crippen LogP contribution is -2.16. The Labute approximate surface area is 175 Å². The molecule has 1 amide bonds. The van der Waals surface area contributed by atoms with Gasteiger partial charge >= 0.3 is 11.7 Å². The third-order valence-electron chi connectivity index (χ3n) is 4.30. The molecule has 0 saturated heterocycles. The zero-order valence-electron chi connectivity index (χ0n) is 17.5. The minimum atomic E-state index is -0.887. The van der Waals surface area contributed by atoms with Crippen LogP contribution in [0.3, 0.4) is 0 Å². The number of ether oxygens (including phenoxy) is 1. The summed E-state index contributed by atoms with van der Waals surface area (Å²) in [6.45, 7) is 3.46. The fraction of sp³-hybridized carbons (Fsp3) is 0.409. The van der Waals surface area contributed by atoms with E-state index in [0.717, 1.165) is 0 Å². The molecule has 1 atom stereocenters. The molecule has 1 rings (SSSR count). The number of carbonyl (C=O) groups is 2. The number of aromatic hydroxyl groups is 1. The highest BCUT2D eigenvalue weighted by molar-refractivity contribution is 6.09. The van der Waals surface area contributed by atoms with Crippen molar-refractivity contribution in [3.63, 3.8) is 0 Å². The first kappa shape index (κ1) is 24.9. The van der Waals surface area contributed by atoms with Crippen molar-refractivity contribution >= 4 is 11.9 Å². The van der Waals surface area contributed by atoms with Gasteiger partial charge in [-0.1, -0.05) is 31.2 Å². The van der Waals surface area contributed by atoms with E-state index in [1.807, 2.05) is 6.92 Å². The number of Topliss-reactive ketones (excluding diaryl/α,β-unsaturated/α-hetero) is 1. The number of amides is 1. The number of unbranched alkanes of at least 4 members (excludes halogenated alkanes) is 1. The van der Waals surface area contributed by atoms with Gasteiger partial charge < -0.3 is 19.4 Å². The SMILES string of the molecule is COC(=O)N/C=C/CCC(C)c1cc(O)c(C(=O)/C(C)=C/C=C/CCCO)c(=O)o1. The van der Waals surface area contributed by atoms with Crippen LogP contribution in [0.5, 0.6) is 5.75 Å². The molecule has 8 heteroatoms. The molecule has 0 aliphatic heterocycles. The molecular formula is C22H29NO7. The summed E-state index contributed by atoms with van der Waals surface area (Å²) in [7, 11) is 1.27. The maximum atomic E-state index is 12.5. The van der Waals surface area contributed by atoms with Gasteiger partial charge in [0.05, 0.1) is 7.11 Å². The van der Waals surface area contributed by atoms with Crippen molar-refractivity contribution < 1.29 is 29.0 Å². The van der Waals surface area contributed by atoms with Crippen molar-refractivity contribution in [3.05, 3.63) is 63.9 Å². The predicted molar refractivity (Wildman–Crippen MR) is 113 cm³/mol. The van der Waals surface area contributed by atoms with E-state index >= 15 is 0 Å². The van der Waals surface area contributed by atoms with Gasteiger partial charge in [-0.2, -0.15) is 0 Å². The first-order valence-corrected chi connectivity index (χ1v) is 9.67. The van der Waals surface area contributed by atoms with E-state index in [-0.39, 0.29) is 23.9 Å². The van der Waals surface area contributed by atoms with Crippen molar-refractivity contribution in [3.8, 4) is 5.75 Å². The van der Waals surface area contributed by atoms with Gasteiger partial charge in [-0.05, 0) is 38.2 Å². The summed E-state index contributed by atoms with van der Waals surface area (Å²) in [5, 5.41) is 21.4. The van der Waals surface area contributed by atoms with Crippen molar-refractivity contribution in [1.82, 2.24) is 5.32 Å². The summed E-state index contributed by atoms with van der Waals surface area (Å²) in [5.74, 6) is -0.947. The maximum Gasteiger partial charge on any atom is 0.410 e. The molecule has 30 heavy (non-hydrogen) atoms. The second-order valence-corrected chi connectivity index (χ2v) is 6.69. The van der Waals surface area contributed by atoms with Crippen LogP contribution in [-0.4, -0.2) is 35.8 Å². The van der Waals surface area contributed by atoms with Gasteiger partial charge in [-0.15, -0.1) is 0 Å². The number of aliphatic hydroxyl groups is 1. The van der Waals surface area contributed by atoms with Crippen LogP contribution in [0.25, 0.3) is 0 Å². The second kappa shape index (κ2) is 13.2. The van der Waals surface area contributed by atoms with E-state index in [9.17, 15) is 19.5 Å². The zero-order valence-corrected chi connectivity index (χ0v) is 17.5. The minimum Gasteiger partial charge on any atom is -0.507 e. The highest BCUT2D eigenvalue weighted by Crippen LogP contribution is 2.25. The Bertz CT molecular complexity index is 865. The topological polar surface area (TPSA) is 126 Å². The fourth-order valence-corrected chi connectivity index (χ4v) is 2.50. The molecule has 0 bridgehead atoms. The Balaban J connectivity index is 2.82. The lowest BCUT2D eigenvalue weighted by Gasteiger charge is -2.11. The first-order chi connectivity index (χ1) is 14.3. The molecule has 0 aliphatic carbocycles. The Morgan fingerprint density at radius 1 is 1.30 bits per heavy atom. The average molecular weight is 419 g/mol. The summed E-state index contributed by atoms with van der Waals surface area (Å²) in [6, 6.07) is 1.29. The fourth-order valence-electron chi connectivity index (χ4n) is 2.50. The van der Waals surface area contributed by atoms with Crippen LogP contribution in [0, 0.1) is 0 Å². The van der Waals surface area contributed by atoms with Crippen molar-refractivity contribution in [2.75, 3.05) is 13.7 Å². The van der Waals surface area contributed by atoms with Crippen molar-refractivity contribution in [2.45, 2.75) is 45.4 Å². The molecule has 0 aromatic carbocycles. The zero-order chi connectivity index (χ0) is 22.5. The molecule has 164 valence electrons. The number of methoxy groups -OCH3 is 1. The molecule has 0 radical (unpaired) electrons. The number of allylic oxidation sites excluding steroid dienone is 5. The number of aliphatic hydroxyl groups excluding tert-OH is 1. The van der Waals surface area contributed by atoms with Crippen molar-refractivity contribution in [1.29, 1.82) is 0 Å². The highest BCUT2D eigenvalue weighted by Gasteiger charge is 2.21. The van der Waals surface area contributed by atoms with Gasteiger partial charge in [0.15, 0.2) is 5.78 Å². The van der Waals surface area contributed by atoms with Crippen LogP contribution < -0.4 is 10.9 Å². The lowest BCUT2D eigenvalue weighted by molar-refractivity contribution is 0.102. The monoisotopic (exact) mass is 419 g/mol. The molecule has 1 unspecified atom stereocenters. The van der Waals surface area contributed by atoms with E-state index in [1.54, 1.807) is 31.2 Å². The van der Waals surface area contributed by atoms with Gasteiger partial charge in [0.2, 0.25) is 0 Å². The summed E-state index contributed by atoms with van der Waals surface area (Å²) in [4.78, 5) is 35.7. The van der Waals surface area contributed by atoms with E-state index in [0.29, 0.717) is 25.7 Å². The molecule has 0 aliphatic rings. The largest absolute Gasteiger partial charge is 0.507 e. The van der Waals surface area contributed by atoms with Crippen LogP contribution in [0.15, 0.2) is 51.4 Å². The third-order valence-corrected chi connectivity index (χ3v) is 4.30. The van der Waals surface area contributed by atoms with Gasteiger partial charge in [-0.25, -0.2) is 9.59 Å². The predicted octanol–water partition coefficient (Wildman–Crippen LogP) is 3.56. The maximum absolute atomic E-state index is 12.5. The number of carbonyl (C=O) groups excluding carboxylic acids is 2. The number of hydrogen-bond donors (Lipinski definition) is 3. The summed E-state index contributed by atoms with van der Waals surface area (Å²) >= 11 is 0. The van der Waals surface area contributed by atoms with Crippen molar-refractivity contribution in [2.24, 2.45) is 0 Å². The van der Waals surface area contributed by atoms with Crippen LogP contribution >= 0.6 is 0 Å². The molecular weight excluding hydrogens is 390 g/mol. The van der Waals surface area contributed by atoms with E-state index in [1.165, 1.54) is 19.4 Å². The molecule has 1 aromatic rings. The van der Waals surface area contributed by atoms with Gasteiger partial charge in [0.25, 0.3) is 0 Å². The Morgan fingerprint density at radius 3 is 2.67 bits per heavy atom. The van der Waals surface area contributed by atoms with Gasteiger partial charge in [0, 0.05) is 24.8 Å². The Morgan fingerprint density at radius 2 is 2.03 bits per heavy atom. The van der Waals surface area contributed by atoms with E-state index in [2.05, 4.69) is 10.1 Å². The highest BCUT2D eigenvalue weighted by atomic mass is 16.5. The second-order valence-electron chi connectivity index (χ2n) is 6.69. The lowest BCUT2D eigenvalue weighted by atomic mass is 10.00. The minimum absolute atomic E-state index is 0.0896. The van der Waals surface area contributed by atoms with Crippen LogP contribution in [0.1, 0.15) is 61.6 Å². The number of rotatable bonds is 11. The molecule has 0 saturated carbocycles. The van der Waals surface area contributed by atoms with Gasteiger partial charge in [-0.3, -0.25) is 10.1 Å². The molecule has 0 spiro atoms. The standard InChI is InChI=1S/C22H29NO7/c1-15(10-7-8-12-23-22(28)29-3)18-14-17(25)19(21(27)30-18)20(26)16(2)11-6-4-5-9-13-24/h4,6,8,11-12,14-15,24-25H,5,7,9-10,13H2,1-3H3,(H,23,28)/b6-4+,12-8+,16-11+. The third kappa shape index (κ3) is 8.08. The molecule has 0 fully saturated rings. The smallest absolute Gasteiger partial charge is 0.410 e. The summed E-state index contributed by atoms with van der Waals surface area (Å²) in [5.41, 5.74) is -1.01. The number of hydrogen-bond acceptors (Lipinski definition) is 7.